The number of hydrogen-bond acceptors (Lipinski definition) is 2. The van der Waals surface area contributed by atoms with Crippen molar-refractivity contribution in [2.45, 2.75) is 6.42 Å². The summed E-state index contributed by atoms with van der Waals surface area (Å²) in [5.74, 6) is -1.42. The molecule has 4 heteroatoms. The van der Waals surface area contributed by atoms with E-state index >= 15 is 0 Å². The number of carbonyl (C=O) groups excluding carboxylic acids is 1. The number of allylic oxidation sites excluding steroid dienone is 2. The molecule has 1 aliphatic heterocycles. The largest absolute Gasteiger partial charge is 0.481 e. The van der Waals surface area contributed by atoms with Gasteiger partial charge < -0.3 is 10.4 Å². The number of carboxylic acid groups (broad SMARTS) is 1. The first-order chi connectivity index (χ1) is 6.18. The van der Waals surface area contributed by atoms with Crippen LogP contribution in [0.25, 0.3) is 0 Å². The van der Waals surface area contributed by atoms with E-state index in [1.54, 1.807) is 0 Å². The maximum atomic E-state index is 11.4. The average molecular weight is 179 g/mol. The van der Waals surface area contributed by atoms with Crippen molar-refractivity contribution < 1.29 is 14.7 Å². The van der Waals surface area contributed by atoms with Gasteiger partial charge in [-0.25, -0.2) is 0 Å². The molecule has 2 fully saturated rings. The smallest absolute Gasteiger partial charge is 0.307 e. The van der Waals surface area contributed by atoms with Crippen molar-refractivity contribution in [2.24, 2.45) is 23.7 Å². The van der Waals surface area contributed by atoms with Crippen molar-refractivity contribution in [3.05, 3.63) is 11.8 Å². The summed E-state index contributed by atoms with van der Waals surface area (Å²) in [7, 11) is 0. The maximum Gasteiger partial charge on any atom is 0.307 e. The minimum absolute atomic E-state index is 0.0847. The SMILES string of the molecule is O=C(O)[C@@H]1[C@H]2C(=O)NC3=C[C@@H]1C[C@@H]32. The van der Waals surface area contributed by atoms with Crippen LogP contribution in [0.2, 0.25) is 0 Å². The number of amides is 1. The van der Waals surface area contributed by atoms with Crippen LogP contribution in [0.15, 0.2) is 11.8 Å². The zero-order chi connectivity index (χ0) is 9.16. The van der Waals surface area contributed by atoms with Crippen LogP contribution < -0.4 is 5.32 Å². The van der Waals surface area contributed by atoms with Gasteiger partial charge in [0.15, 0.2) is 0 Å². The lowest BCUT2D eigenvalue weighted by atomic mass is 9.84. The Labute approximate surface area is 74.6 Å². The predicted molar refractivity (Wildman–Crippen MR) is 42.4 cm³/mol. The number of carboxylic acids is 1. The molecule has 0 aromatic rings. The summed E-state index contributed by atoms with van der Waals surface area (Å²) in [6, 6.07) is 0. The van der Waals surface area contributed by atoms with Gasteiger partial charge >= 0.3 is 5.97 Å². The van der Waals surface area contributed by atoms with Crippen LogP contribution in [0.4, 0.5) is 0 Å². The molecule has 3 aliphatic rings. The normalized spacial score (nSPS) is 44.9. The van der Waals surface area contributed by atoms with E-state index in [0.29, 0.717) is 0 Å². The van der Waals surface area contributed by atoms with Crippen molar-refractivity contribution >= 4 is 11.9 Å². The standard InChI is InChI=1S/C9H9NO3/c11-8-7-4-1-3(2-5(4)10-8)6(7)9(12)13/h2-4,6-7H,1H2,(H,10,11)(H,12,13)/t3-,4-,6-,7-/m0/s1. The molecule has 3 rings (SSSR count). The number of fused-ring (bicyclic) bond motifs is 1. The summed E-state index contributed by atoms with van der Waals surface area (Å²) < 4.78 is 0. The zero-order valence-electron chi connectivity index (χ0n) is 6.86. The monoisotopic (exact) mass is 179 g/mol. The third-order valence-electron chi connectivity index (χ3n) is 3.46. The van der Waals surface area contributed by atoms with Gasteiger partial charge in [-0.05, 0) is 12.3 Å². The zero-order valence-corrected chi connectivity index (χ0v) is 6.86. The Morgan fingerprint density at radius 1 is 1.62 bits per heavy atom. The van der Waals surface area contributed by atoms with Crippen LogP contribution in [-0.2, 0) is 9.59 Å². The Hall–Kier alpha value is -1.32. The van der Waals surface area contributed by atoms with Gasteiger partial charge in [-0.3, -0.25) is 9.59 Å². The predicted octanol–water partition coefficient (Wildman–Crippen LogP) is -0.0332. The first kappa shape index (κ1) is 7.12. The number of aliphatic carboxylic acids is 1. The molecule has 0 aromatic carbocycles. The quantitative estimate of drug-likeness (QED) is 0.593. The molecule has 2 aliphatic carbocycles. The van der Waals surface area contributed by atoms with Crippen molar-refractivity contribution in [3.8, 4) is 0 Å². The van der Waals surface area contributed by atoms with E-state index in [1.165, 1.54) is 0 Å². The summed E-state index contributed by atoms with van der Waals surface area (Å²) >= 11 is 0. The van der Waals surface area contributed by atoms with E-state index < -0.39 is 11.9 Å². The molecule has 68 valence electrons. The highest BCUT2D eigenvalue weighted by Gasteiger charge is 2.58. The second kappa shape index (κ2) is 1.95. The fraction of sp³-hybridized carbons (Fsp3) is 0.556. The third kappa shape index (κ3) is 0.669. The summed E-state index contributed by atoms with van der Waals surface area (Å²) in [6.07, 6.45) is 2.76. The molecule has 1 saturated heterocycles. The van der Waals surface area contributed by atoms with Gasteiger partial charge in [0.1, 0.15) is 0 Å². The van der Waals surface area contributed by atoms with Gasteiger partial charge in [-0.1, -0.05) is 6.08 Å². The Kier molecular flexibility index (Phi) is 1.07. The minimum Gasteiger partial charge on any atom is -0.481 e. The molecule has 1 heterocycles. The van der Waals surface area contributed by atoms with Crippen molar-refractivity contribution in [2.75, 3.05) is 0 Å². The van der Waals surface area contributed by atoms with Gasteiger partial charge in [0.05, 0.1) is 11.8 Å². The van der Waals surface area contributed by atoms with Gasteiger partial charge in [-0.15, -0.1) is 0 Å². The molecule has 0 radical (unpaired) electrons. The van der Waals surface area contributed by atoms with Gasteiger partial charge in [0, 0.05) is 11.6 Å². The first-order valence-corrected chi connectivity index (χ1v) is 4.44. The Morgan fingerprint density at radius 3 is 3.08 bits per heavy atom. The lowest BCUT2D eigenvalue weighted by Gasteiger charge is -2.16. The molecular formula is C9H9NO3. The van der Waals surface area contributed by atoms with E-state index in [9.17, 15) is 9.59 Å². The third-order valence-corrected chi connectivity index (χ3v) is 3.46. The molecule has 0 unspecified atom stereocenters. The number of hydrogen-bond donors (Lipinski definition) is 2. The lowest BCUT2D eigenvalue weighted by Crippen LogP contribution is -2.30. The van der Waals surface area contributed by atoms with Crippen LogP contribution in [0, 0.1) is 23.7 Å². The fourth-order valence-electron chi connectivity index (χ4n) is 2.99. The number of rotatable bonds is 1. The lowest BCUT2D eigenvalue weighted by molar-refractivity contribution is -0.146. The molecule has 0 aromatic heterocycles. The average Bonchev–Trinajstić information content (AvgIpc) is 2.60. The van der Waals surface area contributed by atoms with E-state index in [4.69, 9.17) is 5.11 Å². The highest BCUT2D eigenvalue weighted by atomic mass is 16.4. The molecule has 2 N–H and O–H groups in total. The maximum absolute atomic E-state index is 11.4. The van der Waals surface area contributed by atoms with E-state index in [2.05, 4.69) is 5.32 Å². The van der Waals surface area contributed by atoms with Crippen molar-refractivity contribution in [1.82, 2.24) is 5.32 Å². The van der Waals surface area contributed by atoms with Crippen LogP contribution in [0.5, 0.6) is 0 Å². The molecule has 1 saturated carbocycles. The minimum atomic E-state index is -0.829. The van der Waals surface area contributed by atoms with Crippen LogP contribution in [-0.4, -0.2) is 17.0 Å². The van der Waals surface area contributed by atoms with Crippen molar-refractivity contribution in [1.29, 1.82) is 0 Å². The Balaban J connectivity index is 2.08. The molecule has 4 atom stereocenters. The van der Waals surface area contributed by atoms with Crippen LogP contribution in [0.1, 0.15) is 6.42 Å². The molecular weight excluding hydrogens is 170 g/mol. The van der Waals surface area contributed by atoms with Gasteiger partial charge in [0.2, 0.25) is 5.91 Å². The number of carbonyl (C=O) groups is 2. The summed E-state index contributed by atoms with van der Waals surface area (Å²) in [5.41, 5.74) is 0.970. The van der Waals surface area contributed by atoms with Gasteiger partial charge in [-0.2, -0.15) is 0 Å². The topological polar surface area (TPSA) is 66.4 Å². The molecule has 4 nitrogen and oxygen atoms in total. The second-order valence-electron chi connectivity index (χ2n) is 4.01. The van der Waals surface area contributed by atoms with Crippen molar-refractivity contribution in [3.63, 3.8) is 0 Å². The summed E-state index contributed by atoms with van der Waals surface area (Å²) in [4.78, 5) is 22.3. The highest BCUT2D eigenvalue weighted by Crippen LogP contribution is 2.54. The summed E-state index contributed by atoms with van der Waals surface area (Å²) in [5, 5.41) is 11.7. The Morgan fingerprint density at radius 2 is 2.38 bits per heavy atom. The fourth-order valence-corrected chi connectivity index (χ4v) is 2.99. The summed E-state index contributed by atoms with van der Waals surface area (Å²) in [6.45, 7) is 0. The van der Waals surface area contributed by atoms with Crippen LogP contribution in [0.3, 0.4) is 0 Å². The van der Waals surface area contributed by atoms with E-state index in [-0.39, 0.29) is 23.7 Å². The first-order valence-electron chi connectivity index (χ1n) is 4.44. The van der Waals surface area contributed by atoms with Crippen LogP contribution >= 0.6 is 0 Å². The van der Waals surface area contributed by atoms with E-state index in [0.717, 1.165) is 12.1 Å². The Bertz CT molecular complexity index is 347. The molecule has 0 spiro atoms. The molecule has 13 heavy (non-hydrogen) atoms. The molecule has 1 amide bonds. The highest BCUT2D eigenvalue weighted by molar-refractivity contribution is 5.91. The van der Waals surface area contributed by atoms with Gasteiger partial charge in [0.25, 0.3) is 0 Å². The van der Waals surface area contributed by atoms with E-state index in [1.807, 2.05) is 6.08 Å². The second-order valence-corrected chi connectivity index (χ2v) is 4.01. The number of nitrogens with one attached hydrogen (secondary N) is 1. The molecule has 2 bridgehead atoms.